The minimum absolute atomic E-state index is 0.144. The second kappa shape index (κ2) is 9.79. The average molecular weight is 529 g/mol. The lowest BCUT2D eigenvalue weighted by Gasteiger charge is -2.32. The number of rotatable bonds is 5. The van der Waals surface area contributed by atoms with E-state index in [1.165, 1.54) is 24.7 Å². The van der Waals surface area contributed by atoms with Crippen molar-refractivity contribution >= 4 is 28.9 Å². The first-order chi connectivity index (χ1) is 18.7. The highest BCUT2D eigenvalue weighted by Gasteiger charge is 2.30. The van der Waals surface area contributed by atoms with Crippen LogP contribution in [0, 0.1) is 0 Å². The number of H-pyrrole nitrogens is 1. The summed E-state index contributed by atoms with van der Waals surface area (Å²) >= 11 is 0. The maximum atomic E-state index is 13.3. The molecule has 3 aromatic heterocycles. The van der Waals surface area contributed by atoms with E-state index >= 15 is 0 Å². The van der Waals surface area contributed by atoms with Gasteiger partial charge in [0.15, 0.2) is 5.69 Å². The van der Waals surface area contributed by atoms with E-state index < -0.39 is 5.60 Å². The Labute approximate surface area is 226 Å². The molecule has 1 saturated carbocycles. The predicted molar refractivity (Wildman–Crippen MR) is 145 cm³/mol. The number of piperidine rings is 1. The number of fused-ring (bicyclic) bond motifs is 1. The van der Waals surface area contributed by atoms with Crippen molar-refractivity contribution in [3.63, 3.8) is 0 Å². The molecule has 0 atom stereocenters. The number of amides is 2. The van der Waals surface area contributed by atoms with E-state index in [0.29, 0.717) is 35.9 Å². The van der Waals surface area contributed by atoms with Gasteiger partial charge in [0.2, 0.25) is 0 Å². The monoisotopic (exact) mass is 528 g/mol. The molecule has 2 aliphatic rings. The molecule has 1 aromatic carbocycles. The van der Waals surface area contributed by atoms with Gasteiger partial charge in [-0.15, -0.1) is 0 Å². The van der Waals surface area contributed by atoms with E-state index in [1.807, 2.05) is 39.0 Å². The second-order valence-electron chi connectivity index (χ2n) is 11.3. The van der Waals surface area contributed by atoms with Crippen LogP contribution in [0.2, 0.25) is 0 Å². The summed E-state index contributed by atoms with van der Waals surface area (Å²) in [5.41, 5.74) is 3.77. The number of aromatic amines is 1. The van der Waals surface area contributed by atoms with Crippen molar-refractivity contribution in [1.82, 2.24) is 34.8 Å². The van der Waals surface area contributed by atoms with Crippen molar-refractivity contribution in [2.75, 3.05) is 18.4 Å². The molecule has 11 nitrogen and oxygen atoms in total. The molecule has 11 heteroatoms. The van der Waals surface area contributed by atoms with Crippen LogP contribution in [0.1, 0.15) is 80.0 Å². The molecular formula is C28H32N8O3. The van der Waals surface area contributed by atoms with Gasteiger partial charge in [-0.3, -0.25) is 9.89 Å². The molecule has 4 aromatic rings. The standard InChI is InChI=1S/C28H32N8O3/c1-28(2,3)39-27(38)35-12-10-19(11-13-35)21-14-23(31-26(37)25-24-22(32-33-25)15-29-16-30-24)36(34-21)20-8-6-18(7-9-20)17-4-5-17/h6-9,14-17,19H,4-5,10-13H2,1-3H3,(H,31,37)(H,32,33). The van der Waals surface area contributed by atoms with E-state index in [2.05, 4.69) is 37.6 Å². The van der Waals surface area contributed by atoms with Gasteiger partial charge in [0.1, 0.15) is 28.8 Å². The smallest absolute Gasteiger partial charge is 0.410 e. The highest BCUT2D eigenvalue weighted by molar-refractivity contribution is 6.09. The summed E-state index contributed by atoms with van der Waals surface area (Å²) in [5, 5.41) is 14.9. The van der Waals surface area contributed by atoms with Crippen LogP contribution in [0.5, 0.6) is 0 Å². The number of aromatic nitrogens is 6. The summed E-state index contributed by atoms with van der Waals surface area (Å²) in [6.07, 6.45) is 6.66. The molecule has 39 heavy (non-hydrogen) atoms. The van der Waals surface area contributed by atoms with E-state index in [1.54, 1.807) is 15.8 Å². The zero-order chi connectivity index (χ0) is 27.1. The fraction of sp³-hybridized carbons (Fsp3) is 0.429. The molecule has 0 unspecified atom stereocenters. The van der Waals surface area contributed by atoms with E-state index in [0.717, 1.165) is 24.2 Å². The minimum Gasteiger partial charge on any atom is -0.444 e. The number of hydrogen-bond donors (Lipinski definition) is 2. The first-order valence-corrected chi connectivity index (χ1v) is 13.4. The SMILES string of the molecule is CC(C)(C)OC(=O)N1CCC(c2cc(NC(=O)c3n[nH]c4cncnc34)n(-c3ccc(C4CC4)cc3)n2)CC1. The van der Waals surface area contributed by atoms with Crippen molar-refractivity contribution in [1.29, 1.82) is 0 Å². The average Bonchev–Trinajstić information content (AvgIpc) is 3.55. The van der Waals surface area contributed by atoms with Crippen molar-refractivity contribution in [2.45, 2.75) is 63.9 Å². The number of carbonyl (C=O) groups is 2. The third kappa shape index (κ3) is 5.34. The quantitative estimate of drug-likeness (QED) is 0.381. The number of benzene rings is 1. The number of ether oxygens (including phenoxy) is 1. The first kappa shape index (κ1) is 25.0. The van der Waals surface area contributed by atoms with Crippen LogP contribution in [-0.4, -0.2) is 65.5 Å². The summed E-state index contributed by atoms with van der Waals surface area (Å²) in [7, 11) is 0. The molecule has 1 aliphatic carbocycles. The number of likely N-dealkylation sites (tertiary alicyclic amines) is 1. The summed E-state index contributed by atoms with van der Waals surface area (Å²) < 4.78 is 7.31. The summed E-state index contributed by atoms with van der Waals surface area (Å²) in [5.74, 6) is 0.956. The molecule has 2 fully saturated rings. The topological polar surface area (TPSA) is 131 Å². The lowest BCUT2D eigenvalue weighted by Crippen LogP contribution is -2.41. The number of nitrogens with one attached hydrogen (secondary N) is 2. The van der Waals surface area contributed by atoms with Gasteiger partial charge < -0.3 is 15.0 Å². The molecule has 0 bridgehead atoms. The van der Waals surface area contributed by atoms with Gasteiger partial charge >= 0.3 is 6.09 Å². The fourth-order valence-corrected chi connectivity index (χ4v) is 4.98. The molecule has 4 heterocycles. The van der Waals surface area contributed by atoms with Gasteiger partial charge in [0.05, 0.1) is 17.6 Å². The van der Waals surface area contributed by atoms with Crippen molar-refractivity contribution in [3.05, 3.63) is 59.8 Å². The van der Waals surface area contributed by atoms with Gasteiger partial charge in [-0.1, -0.05) is 12.1 Å². The van der Waals surface area contributed by atoms with Crippen LogP contribution < -0.4 is 5.32 Å². The molecule has 0 radical (unpaired) electrons. The maximum Gasteiger partial charge on any atom is 0.410 e. The van der Waals surface area contributed by atoms with Crippen LogP contribution >= 0.6 is 0 Å². The molecule has 1 aliphatic heterocycles. The Hall–Kier alpha value is -4.28. The minimum atomic E-state index is -0.527. The van der Waals surface area contributed by atoms with Crippen LogP contribution in [0.25, 0.3) is 16.7 Å². The van der Waals surface area contributed by atoms with Crippen LogP contribution in [0.15, 0.2) is 42.9 Å². The van der Waals surface area contributed by atoms with Crippen molar-refractivity contribution in [2.24, 2.45) is 0 Å². The molecule has 2 amide bonds. The lowest BCUT2D eigenvalue weighted by atomic mass is 9.94. The predicted octanol–water partition coefficient (Wildman–Crippen LogP) is 4.78. The number of nitrogens with zero attached hydrogens (tertiary/aromatic N) is 6. The van der Waals surface area contributed by atoms with Crippen LogP contribution in [0.3, 0.4) is 0 Å². The molecule has 1 saturated heterocycles. The summed E-state index contributed by atoms with van der Waals surface area (Å²) in [6, 6.07) is 10.3. The zero-order valence-electron chi connectivity index (χ0n) is 22.3. The van der Waals surface area contributed by atoms with Gasteiger partial charge in [-0.05, 0) is 70.1 Å². The van der Waals surface area contributed by atoms with Gasteiger partial charge in [0.25, 0.3) is 5.91 Å². The summed E-state index contributed by atoms with van der Waals surface area (Å²) in [6.45, 7) is 6.79. The Kier molecular flexibility index (Phi) is 6.28. The summed E-state index contributed by atoms with van der Waals surface area (Å²) in [4.78, 5) is 35.8. The Balaban J connectivity index is 1.25. The third-order valence-corrected chi connectivity index (χ3v) is 7.16. The number of carbonyl (C=O) groups excluding carboxylic acids is 2. The lowest BCUT2D eigenvalue weighted by molar-refractivity contribution is 0.0204. The number of hydrogen-bond acceptors (Lipinski definition) is 7. The molecular weight excluding hydrogens is 496 g/mol. The maximum absolute atomic E-state index is 13.3. The third-order valence-electron chi connectivity index (χ3n) is 7.16. The van der Waals surface area contributed by atoms with E-state index in [9.17, 15) is 9.59 Å². The normalized spacial score (nSPS) is 16.4. The van der Waals surface area contributed by atoms with Crippen molar-refractivity contribution < 1.29 is 14.3 Å². The van der Waals surface area contributed by atoms with Gasteiger partial charge in [-0.25, -0.2) is 19.4 Å². The largest absolute Gasteiger partial charge is 0.444 e. The molecule has 2 N–H and O–H groups in total. The molecule has 0 spiro atoms. The Morgan fingerprint density at radius 2 is 1.79 bits per heavy atom. The highest BCUT2D eigenvalue weighted by atomic mass is 16.6. The van der Waals surface area contributed by atoms with Crippen molar-refractivity contribution in [3.8, 4) is 5.69 Å². The zero-order valence-corrected chi connectivity index (χ0v) is 22.3. The van der Waals surface area contributed by atoms with Crippen LogP contribution in [-0.2, 0) is 4.74 Å². The Morgan fingerprint density at radius 1 is 1.05 bits per heavy atom. The van der Waals surface area contributed by atoms with Gasteiger partial charge in [0, 0.05) is 25.1 Å². The Morgan fingerprint density at radius 3 is 2.49 bits per heavy atom. The first-order valence-electron chi connectivity index (χ1n) is 13.4. The highest BCUT2D eigenvalue weighted by Crippen LogP contribution is 2.40. The van der Waals surface area contributed by atoms with E-state index in [4.69, 9.17) is 9.84 Å². The van der Waals surface area contributed by atoms with E-state index in [-0.39, 0.29) is 23.6 Å². The van der Waals surface area contributed by atoms with Gasteiger partial charge in [-0.2, -0.15) is 10.2 Å². The number of anilines is 1. The molecule has 202 valence electrons. The molecule has 6 rings (SSSR count). The Bertz CT molecular complexity index is 1510. The van der Waals surface area contributed by atoms with Crippen LogP contribution in [0.4, 0.5) is 10.6 Å². The fourth-order valence-electron chi connectivity index (χ4n) is 4.98. The second-order valence-corrected chi connectivity index (χ2v) is 11.3.